The first kappa shape index (κ1) is 17.3. The van der Waals surface area contributed by atoms with Crippen LogP contribution in [0.3, 0.4) is 0 Å². The van der Waals surface area contributed by atoms with Crippen molar-refractivity contribution in [3.63, 3.8) is 0 Å². The first-order chi connectivity index (χ1) is 12.7. The van der Waals surface area contributed by atoms with Crippen molar-refractivity contribution < 1.29 is 18.7 Å². The molecule has 8 heteroatoms. The van der Waals surface area contributed by atoms with E-state index in [1.165, 1.54) is 0 Å². The topological polar surface area (TPSA) is 92.6 Å². The van der Waals surface area contributed by atoms with E-state index in [9.17, 15) is 4.79 Å². The number of nitrogens with zero attached hydrogens (tertiary/aromatic N) is 2. The second-order valence-electron chi connectivity index (χ2n) is 6.65. The van der Waals surface area contributed by atoms with Crippen LogP contribution in [0.15, 0.2) is 16.5 Å². The Balaban J connectivity index is 1.47. The molecule has 2 N–H and O–H groups in total. The van der Waals surface area contributed by atoms with Crippen molar-refractivity contribution in [3.05, 3.63) is 40.6 Å². The number of hydrogen-bond acceptors (Lipinski definition) is 6. The van der Waals surface area contributed by atoms with Crippen LogP contribution in [0.4, 0.5) is 0 Å². The molecule has 0 bridgehead atoms. The first-order valence-electron chi connectivity index (χ1n) is 9.02. The van der Waals surface area contributed by atoms with Gasteiger partial charge in [0.1, 0.15) is 11.5 Å². The van der Waals surface area contributed by atoms with Crippen LogP contribution >= 0.6 is 0 Å². The molecule has 0 radical (unpaired) electrons. The summed E-state index contributed by atoms with van der Waals surface area (Å²) in [6, 6.07) is 3.90. The Morgan fingerprint density at radius 3 is 2.92 bits per heavy atom. The van der Waals surface area contributed by atoms with Gasteiger partial charge in [0.25, 0.3) is 5.91 Å². The lowest BCUT2D eigenvalue weighted by Gasteiger charge is -2.33. The maximum absolute atomic E-state index is 12.7. The van der Waals surface area contributed by atoms with Gasteiger partial charge in [0.05, 0.1) is 32.5 Å². The van der Waals surface area contributed by atoms with Gasteiger partial charge >= 0.3 is 0 Å². The number of aryl methyl sites for hydroxylation is 1. The molecule has 0 spiro atoms. The summed E-state index contributed by atoms with van der Waals surface area (Å²) in [5.41, 5.74) is 2.29. The zero-order chi connectivity index (χ0) is 17.9. The van der Waals surface area contributed by atoms with Gasteiger partial charge in [0.2, 0.25) is 0 Å². The highest BCUT2D eigenvalue weighted by atomic mass is 16.5. The van der Waals surface area contributed by atoms with Gasteiger partial charge in [-0.1, -0.05) is 0 Å². The number of nitrogens with one attached hydrogen (secondary N) is 2. The van der Waals surface area contributed by atoms with Crippen molar-refractivity contribution in [1.82, 2.24) is 20.4 Å². The molecule has 2 aromatic rings. The van der Waals surface area contributed by atoms with Crippen molar-refractivity contribution in [1.29, 1.82) is 0 Å². The van der Waals surface area contributed by atoms with Crippen LogP contribution < -0.4 is 5.32 Å². The standard InChI is InChI=1S/C18H24N4O4/c1-12-2-3-16(26-12)15(22-5-8-24-9-6-22)10-19-18(23)17-13-11-25-7-4-14(13)20-21-17/h2-3,15H,4-11H2,1H3,(H,19,23)(H,20,21). The zero-order valence-electron chi connectivity index (χ0n) is 14.9. The summed E-state index contributed by atoms with van der Waals surface area (Å²) in [6.07, 6.45) is 0.762. The van der Waals surface area contributed by atoms with Gasteiger partial charge in [-0.05, 0) is 19.1 Å². The monoisotopic (exact) mass is 360 g/mol. The number of H-pyrrole nitrogens is 1. The van der Waals surface area contributed by atoms with E-state index in [-0.39, 0.29) is 11.9 Å². The summed E-state index contributed by atoms with van der Waals surface area (Å²) in [6.45, 7) is 6.47. The molecule has 26 heavy (non-hydrogen) atoms. The minimum absolute atomic E-state index is 0.0254. The number of morpholine rings is 1. The first-order valence-corrected chi connectivity index (χ1v) is 9.02. The molecule has 1 amide bonds. The zero-order valence-corrected chi connectivity index (χ0v) is 14.9. The number of aromatic amines is 1. The smallest absolute Gasteiger partial charge is 0.272 e. The predicted octanol–water partition coefficient (Wildman–Crippen LogP) is 1.19. The van der Waals surface area contributed by atoms with Crippen molar-refractivity contribution in [2.24, 2.45) is 0 Å². The molecular formula is C18H24N4O4. The van der Waals surface area contributed by atoms with Gasteiger partial charge in [0, 0.05) is 37.3 Å². The number of carbonyl (C=O) groups excluding carboxylic acids is 1. The van der Waals surface area contributed by atoms with Crippen LogP contribution in [0.25, 0.3) is 0 Å². The highest BCUT2D eigenvalue weighted by molar-refractivity contribution is 5.94. The average Bonchev–Trinajstić information content (AvgIpc) is 3.29. The number of fused-ring (bicyclic) bond motifs is 1. The molecule has 1 unspecified atom stereocenters. The minimum atomic E-state index is -0.186. The van der Waals surface area contributed by atoms with Gasteiger partial charge in [0.15, 0.2) is 5.69 Å². The molecule has 1 saturated heterocycles. The Kier molecular flexibility index (Phi) is 5.05. The van der Waals surface area contributed by atoms with Crippen molar-refractivity contribution in [2.75, 3.05) is 39.5 Å². The van der Waals surface area contributed by atoms with Crippen LogP contribution in [0.5, 0.6) is 0 Å². The van der Waals surface area contributed by atoms with Crippen molar-refractivity contribution in [3.8, 4) is 0 Å². The molecule has 8 nitrogen and oxygen atoms in total. The molecule has 0 aromatic carbocycles. The summed E-state index contributed by atoms with van der Waals surface area (Å²) in [5, 5.41) is 10.2. The van der Waals surface area contributed by atoms with Gasteiger partial charge in [-0.2, -0.15) is 5.10 Å². The van der Waals surface area contributed by atoms with E-state index in [1.807, 2.05) is 19.1 Å². The Hall–Kier alpha value is -2.16. The molecule has 1 fully saturated rings. The van der Waals surface area contributed by atoms with Gasteiger partial charge in [-0.25, -0.2) is 0 Å². The SMILES string of the molecule is Cc1ccc(C(CNC(=O)c2n[nH]c3c2COCC3)N2CCOCC2)o1. The fourth-order valence-electron chi connectivity index (χ4n) is 3.50. The Bertz CT molecular complexity index is 763. The molecule has 140 valence electrons. The number of amides is 1. The molecule has 4 rings (SSSR count). The van der Waals surface area contributed by atoms with Gasteiger partial charge < -0.3 is 19.2 Å². The van der Waals surface area contributed by atoms with E-state index in [2.05, 4.69) is 20.4 Å². The number of aromatic nitrogens is 2. The third kappa shape index (κ3) is 3.53. The van der Waals surface area contributed by atoms with Crippen LogP contribution in [-0.4, -0.2) is 60.5 Å². The van der Waals surface area contributed by atoms with E-state index in [1.54, 1.807) is 0 Å². The van der Waals surface area contributed by atoms with E-state index in [0.29, 0.717) is 38.7 Å². The molecule has 0 saturated carbocycles. The summed E-state index contributed by atoms with van der Waals surface area (Å²) >= 11 is 0. The Morgan fingerprint density at radius 1 is 1.31 bits per heavy atom. The molecule has 2 aliphatic rings. The fraction of sp³-hybridized carbons (Fsp3) is 0.556. The second-order valence-corrected chi connectivity index (χ2v) is 6.65. The highest BCUT2D eigenvalue weighted by Crippen LogP contribution is 2.24. The summed E-state index contributed by atoms with van der Waals surface area (Å²) in [7, 11) is 0. The lowest BCUT2D eigenvalue weighted by atomic mass is 10.1. The average molecular weight is 360 g/mol. The summed E-state index contributed by atoms with van der Waals surface area (Å²) in [4.78, 5) is 15.0. The predicted molar refractivity (Wildman–Crippen MR) is 92.9 cm³/mol. The summed E-state index contributed by atoms with van der Waals surface area (Å²) in [5.74, 6) is 1.54. The van der Waals surface area contributed by atoms with Crippen molar-refractivity contribution >= 4 is 5.91 Å². The Labute approximate surface area is 151 Å². The third-order valence-corrected chi connectivity index (χ3v) is 4.94. The number of rotatable bonds is 5. The molecule has 2 aliphatic heterocycles. The Morgan fingerprint density at radius 2 is 2.15 bits per heavy atom. The van der Waals surface area contributed by atoms with Crippen LogP contribution in [0, 0.1) is 6.92 Å². The molecule has 2 aromatic heterocycles. The van der Waals surface area contributed by atoms with E-state index in [4.69, 9.17) is 13.9 Å². The van der Waals surface area contributed by atoms with E-state index < -0.39 is 0 Å². The van der Waals surface area contributed by atoms with Crippen molar-refractivity contribution in [2.45, 2.75) is 26.0 Å². The maximum atomic E-state index is 12.7. The minimum Gasteiger partial charge on any atom is -0.465 e. The normalized spacial score (nSPS) is 19.1. The lowest BCUT2D eigenvalue weighted by molar-refractivity contribution is 0.0116. The van der Waals surface area contributed by atoms with Gasteiger partial charge in [-0.15, -0.1) is 0 Å². The molecule has 0 aliphatic carbocycles. The van der Waals surface area contributed by atoms with E-state index in [0.717, 1.165) is 42.3 Å². The number of ether oxygens (including phenoxy) is 2. The summed E-state index contributed by atoms with van der Waals surface area (Å²) < 4.78 is 16.7. The number of hydrogen-bond donors (Lipinski definition) is 2. The van der Waals surface area contributed by atoms with E-state index >= 15 is 0 Å². The van der Waals surface area contributed by atoms with Crippen LogP contribution in [0.1, 0.15) is 39.3 Å². The number of furan rings is 1. The third-order valence-electron chi connectivity index (χ3n) is 4.94. The maximum Gasteiger partial charge on any atom is 0.272 e. The number of carbonyl (C=O) groups is 1. The quantitative estimate of drug-likeness (QED) is 0.832. The fourth-order valence-corrected chi connectivity index (χ4v) is 3.50. The molecular weight excluding hydrogens is 336 g/mol. The lowest BCUT2D eigenvalue weighted by Crippen LogP contribution is -2.43. The molecule has 1 atom stereocenters. The van der Waals surface area contributed by atoms with Gasteiger partial charge in [-0.3, -0.25) is 14.8 Å². The van der Waals surface area contributed by atoms with Crippen LogP contribution in [-0.2, 0) is 22.5 Å². The second kappa shape index (κ2) is 7.61. The highest BCUT2D eigenvalue weighted by Gasteiger charge is 2.27. The van der Waals surface area contributed by atoms with Crippen LogP contribution in [0.2, 0.25) is 0 Å². The molecule has 4 heterocycles. The largest absolute Gasteiger partial charge is 0.465 e.